The number of hydrogen-bond acceptors (Lipinski definition) is 2. The lowest BCUT2D eigenvalue weighted by Crippen LogP contribution is -2.43. The maximum Gasteiger partial charge on any atom is 0.325 e. The largest absolute Gasteiger partial charge is 0.325 e. The molecule has 1 saturated heterocycles. The highest BCUT2D eigenvalue weighted by molar-refractivity contribution is 9.10. The Morgan fingerprint density at radius 3 is 2.42 bits per heavy atom. The molecule has 1 atom stereocenters. The Morgan fingerprint density at radius 2 is 1.79 bits per heavy atom. The number of nitrogens with zero attached hydrogens (tertiary/aromatic N) is 1. The Kier molecular flexibility index (Phi) is 4.65. The third kappa shape index (κ3) is 2.82. The van der Waals surface area contributed by atoms with Crippen LogP contribution in [0.1, 0.15) is 24.5 Å². The number of carbonyl (C=O) groups excluding carboxylic acids is 2. The Labute approximate surface area is 153 Å². The number of rotatable bonds is 4. The number of imide groups is 1. The smallest absolute Gasteiger partial charge is 0.319 e. The van der Waals surface area contributed by atoms with Gasteiger partial charge in [0.15, 0.2) is 0 Å². The minimum Gasteiger partial charge on any atom is -0.319 e. The zero-order chi connectivity index (χ0) is 17.3. The molecule has 24 heavy (non-hydrogen) atoms. The number of benzene rings is 2. The maximum absolute atomic E-state index is 13.1. The Hall–Kier alpha value is -1.85. The van der Waals surface area contributed by atoms with Gasteiger partial charge in [-0.1, -0.05) is 64.8 Å². The minimum atomic E-state index is -1.04. The summed E-state index contributed by atoms with van der Waals surface area (Å²) in [6.07, 6.45) is 0.464. The zero-order valence-electron chi connectivity index (χ0n) is 13.1. The van der Waals surface area contributed by atoms with Crippen LogP contribution in [0.5, 0.6) is 0 Å². The highest BCUT2D eigenvalue weighted by Gasteiger charge is 2.51. The van der Waals surface area contributed by atoms with Gasteiger partial charge in [-0.15, -0.1) is 0 Å². The van der Waals surface area contributed by atoms with Crippen molar-refractivity contribution in [3.8, 4) is 0 Å². The van der Waals surface area contributed by atoms with Gasteiger partial charge < -0.3 is 5.32 Å². The molecule has 0 aromatic heterocycles. The van der Waals surface area contributed by atoms with Crippen LogP contribution in [0.2, 0.25) is 5.02 Å². The Morgan fingerprint density at radius 1 is 1.12 bits per heavy atom. The summed E-state index contributed by atoms with van der Waals surface area (Å²) in [5.74, 6) is -0.243. The Bertz CT molecular complexity index is 794. The second-order valence-electron chi connectivity index (χ2n) is 5.68. The molecule has 2 aromatic rings. The predicted molar refractivity (Wildman–Crippen MR) is 96.6 cm³/mol. The minimum absolute atomic E-state index is 0.224. The van der Waals surface area contributed by atoms with E-state index in [2.05, 4.69) is 21.2 Å². The van der Waals surface area contributed by atoms with E-state index in [1.807, 2.05) is 31.2 Å². The van der Waals surface area contributed by atoms with Gasteiger partial charge in [0.1, 0.15) is 5.54 Å². The molecule has 1 N–H and O–H groups in total. The van der Waals surface area contributed by atoms with E-state index in [0.29, 0.717) is 11.4 Å². The molecule has 3 rings (SSSR count). The van der Waals surface area contributed by atoms with E-state index in [4.69, 9.17) is 11.6 Å². The molecule has 1 aliphatic heterocycles. The molecule has 0 spiro atoms. The normalized spacial score (nSPS) is 20.4. The van der Waals surface area contributed by atoms with Crippen LogP contribution in [0.4, 0.5) is 4.79 Å². The Balaban J connectivity index is 1.95. The van der Waals surface area contributed by atoms with E-state index in [0.717, 1.165) is 15.6 Å². The first-order chi connectivity index (χ1) is 11.5. The van der Waals surface area contributed by atoms with Gasteiger partial charge in [0.25, 0.3) is 5.91 Å². The average Bonchev–Trinajstić information content (AvgIpc) is 2.82. The van der Waals surface area contributed by atoms with Crippen molar-refractivity contribution in [3.63, 3.8) is 0 Å². The van der Waals surface area contributed by atoms with Crippen LogP contribution in [0.15, 0.2) is 53.0 Å². The predicted octanol–water partition coefficient (Wildman–Crippen LogP) is 4.46. The van der Waals surface area contributed by atoms with Gasteiger partial charge in [-0.25, -0.2) is 4.79 Å². The van der Waals surface area contributed by atoms with Gasteiger partial charge in [-0.05, 0) is 35.7 Å². The first kappa shape index (κ1) is 17.0. The molecule has 124 valence electrons. The summed E-state index contributed by atoms with van der Waals surface area (Å²) >= 11 is 9.40. The average molecular weight is 408 g/mol. The molecule has 3 amide bonds. The van der Waals surface area contributed by atoms with Crippen LogP contribution < -0.4 is 5.32 Å². The molecule has 0 bridgehead atoms. The zero-order valence-corrected chi connectivity index (χ0v) is 15.4. The fourth-order valence-electron chi connectivity index (χ4n) is 2.94. The van der Waals surface area contributed by atoms with Crippen LogP contribution in [-0.2, 0) is 16.9 Å². The highest BCUT2D eigenvalue weighted by atomic mass is 79.9. The van der Waals surface area contributed by atoms with Crippen molar-refractivity contribution in [1.29, 1.82) is 0 Å². The molecule has 0 aliphatic carbocycles. The molecule has 1 aliphatic rings. The molecule has 1 unspecified atom stereocenters. The van der Waals surface area contributed by atoms with E-state index in [1.165, 1.54) is 4.90 Å². The summed E-state index contributed by atoms with van der Waals surface area (Å²) in [6.45, 7) is 2.11. The van der Waals surface area contributed by atoms with Crippen molar-refractivity contribution in [3.05, 3.63) is 69.2 Å². The fourth-order valence-corrected chi connectivity index (χ4v) is 3.48. The van der Waals surface area contributed by atoms with E-state index < -0.39 is 5.54 Å². The number of carbonyl (C=O) groups is 2. The van der Waals surface area contributed by atoms with E-state index in [1.54, 1.807) is 24.3 Å². The SMILES string of the molecule is CCC1(c2ccc(Cl)cc2)NC(=O)N(Cc2ccccc2Br)C1=O. The standard InChI is InChI=1S/C18H16BrClN2O2/c1-2-18(13-7-9-14(20)10-8-13)16(23)22(17(24)21-18)11-12-5-3-4-6-15(12)19/h3-10H,2,11H2,1H3,(H,21,24). The molecular weight excluding hydrogens is 392 g/mol. The van der Waals surface area contributed by atoms with E-state index in [-0.39, 0.29) is 18.5 Å². The number of hydrogen-bond donors (Lipinski definition) is 1. The van der Waals surface area contributed by atoms with Crippen LogP contribution in [0.3, 0.4) is 0 Å². The summed E-state index contributed by atoms with van der Waals surface area (Å²) in [5.41, 5.74) is 0.578. The van der Waals surface area contributed by atoms with Crippen molar-refractivity contribution >= 4 is 39.5 Å². The molecule has 6 heteroatoms. The molecule has 1 heterocycles. The quantitative estimate of drug-likeness (QED) is 0.761. The van der Waals surface area contributed by atoms with Crippen molar-refractivity contribution in [2.75, 3.05) is 0 Å². The van der Waals surface area contributed by atoms with Crippen LogP contribution >= 0.6 is 27.5 Å². The van der Waals surface area contributed by atoms with Gasteiger partial charge in [0.2, 0.25) is 0 Å². The number of amides is 3. The maximum atomic E-state index is 13.1. The van der Waals surface area contributed by atoms with Crippen molar-refractivity contribution in [1.82, 2.24) is 10.2 Å². The topological polar surface area (TPSA) is 49.4 Å². The second-order valence-corrected chi connectivity index (χ2v) is 6.97. The molecule has 0 saturated carbocycles. The first-order valence-electron chi connectivity index (χ1n) is 7.61. The summed E-state index contributed by atoms with van der Waals surface area (Å²) in [4.78, 5) is 26.8. The lowest BCUT2D eigenvalue weighted by molar-refractivity contribution is -0.132. The van der Waals surface area contributed by atoms with Crippen LogP contribution in [-0.4, -0.2) is 16.8 Å². The van der Waals surface area contributed by atoms with E-state index >= 15 is 0 Å². The van der Waals surface area contributed by atoms with Gasteiger partial charge in [0, 0.05) is 9.50 Å². The highest BCUT2D eigenvalue weighted by Crippen LogP contribution is 2.34. The van der Waals surface area contributed by atoms with Gasteiger partial charge in [-0.2, -0.15) is 0 Å². The second kappa shape index (κ2) is 6.57. The van der Waals surface area contributed by atoms with Crippen LogP contribution in [0, 0.1) is 0 Å². The van der Waals surface area contributed by atoms with Crippen molar-refractivity contribution in [2.24, 2.45) is 0 Å². The monoisotopic (exact) mass is 406 g/mol. The third-order valence-electron chi connectivity index (χ3n) is 4.33. The number of halogens is 2. The van der Waals surface area contributed by atoms with Crippen molar-refractivity contribution < 1.29 is 9.59 Å². The first-order valence-corrected chi connectivity index (χ1v) is 8.78. The molecule has 4 nitrogen and oxygen atoms in total. The molecule has 0 radical (unpaired) electrons. The lowest BCUT2D eigenvalue weighted by Gasteiger charge is -2.26. The third-order valence-corrected chi connectivity index (χ3v) is 5.35. The summed E-state index contributed by atoms with van der Waals surface area (Å²) < 4.78 is 0.867. The summed E-state index contributed by atoms with van der Waals surface area (Å²) in [6, 6.07) is 14.2. The summed E-state index contributed by atoms with van der Waals surface area (Å²) in [7, 11) is 0. The molecule has 1 fully saturated rings. The van der Waals surface area contributed by atoms with E-state index in [9.17, 15) is 9.59 Å². The van der Waals surface area contributed by atoms with Gasteiger partial charge in [0.05, 0.1) is 6.54 Å². The fraction of sp³-hybridized carbons (Fsp3) is 0.222. The van der Waals surface area contributed by atoms with Gasteiger partial charge in [-0.3, -0.25) is 9.69 Å². The molecular formula is C18H16BrClN2O2. The lowest BCUT2D eigenvalue weighted by atomic mass is 9.87. The van der Waals surface area contributed by atoms with Crippen molar-refractivity contribution in [2.45, 2.75) is 25.4 Å². The summed E-state index contributed by atoms with van der Waals surface area (Å²) in [5, 5.41) is 3.46. The number of nitrogens with one attached hydrogen (secondary N) is 1. The number of urea groups is 1. The van der Waals surface area contributed by atoms with Crippen LogP contribution in [0.25, 0.3) is 0 Å². The van der Waals surface area contributed by atoms with Gasteiger partial charge >= 0.3 is 6.03 Å². The molecule has 2 aromatic carbocycles.